The van der Waals surface area contributed by atoms with Crippen LogP contribution in [0.1, 0.15) is 37.0 Å². The summed E-state index contributed by atoms with van der Waals surface area (Å²) in [6, 6.07) is 24.3. The molecule has 2 aliphatic carbocycles. The first-order chi connectivity index (χ1) is 16.0. The van der Waals surface area contributed by atoms with Crippen molar-refractivity contribution in [2.24, 2.45) is 10.7 Å². The quantitative estimate of drug-likeness (QED) is 0.384. The predicted octanol–water partition coefficient (Wildman–Crippen LogP) is 6.19. The van der Waals surface area contributed by atoms with E-state index in [1.165, 1.54) is 44.8 Å². The molecule has 1 heterocycles. The summed E-state index contributed by atoms with van der Waals surface area (Å²) < 4.78 is 0. The van der Waals surface area contributed by atoms with Gasteiger partial charge in [-0.15, -0.1) is 0 Å². The lowest BCUT2D eigenvalue weighted by Crippen LogP contribution is -2.29. The summed E-state index contributed by atoms with van der Waals surface area (Å²) in [5, 5.41) is 7.30. The maximum atomic E-state index is 7.30. The number of nitrogens with one attached hydrogen (secondary N) is 1. The molecule has 0 saturated carbocycles. The molecule has 0 saturated heterocycles. The van der Waals surface area contributed by atoms with Crippen LogP contribution in [-0.4, -0.2) is 18.2 Å². The van der Waals surface area contributed by atoms with Gasteiger partial charge in [-0.2, -0.15) is 0 Å². The van der Waals surface area contributed by atoms with E-state index in [2.05, 4.69) is 103 Å². The Morgan fingerprint density at radius 2 is 1.76 bits per heavy atom. The van der Waals surface area contributed by atoms with Crippen molar-refractivity contribution in [3.63, 3.8) is 0 Å². The zero-order chi connectivity index (χ0) is 22.7. The van der Waals surface area contributed by atoms with E-state index in [0.29, 0.717) is 5.84 Å². The van der Waals surface area contributed by atoms with Crippen LogP contribution >= 0.6 is 0 Å². The number of benzene rings is 3. The molecule has 0 spiro atoms. The highest BCUT2D eigenvalue weighted by Gasteiger charge is 2.44. The van der Waals surface area contributed by atoms with Crippen LogP contribution < -0.4 is 10.6 Å². The second-order valence-electron chi connectivity index (χ2n) is 9.41. The van der Waals surface area contributed by atoms with Crippen molar-refractivity contribution in [1.29, 1.82) is 5.41 Å². The lowest BCUT2D eigenvalue weighted by Gasteiger charge is -2.30. The zero-order valence-electron chi connectivity index (χ0n) is 18.8. The summed E-state index contributed by atoms with van der Waals surface area (Å²) in [6.07, 6.45) is 6.15. The molecule has 0 bridgehead atoms. The minimum Gasteiger partial charge on any atom is -0.383 e. The number of anilines is 2. The van der Waals surface area contributed by atoms with Crippen LogP contribution in [0.25, 0.3) is 16.7 Å². The third-order valence-corrected chi connectivity index (χ3v) is 7.35. The molecule has 0 radical (unpaired) electrons. The van der Waals surface area contributed by atoms with Gasteiger partial charge < -0.3 is 10.6 Å². The van der Waals surface area contributed by atoms with E-state index in [9.17, 15) is 0 Å². The summed E-state index contributed by atoms with van der Waals surface area (Å²) in [4.78, 5) is 6.52. The minimum atomic E-state index is -0.0457. The fourth-order valence-electron chi connectivity index (χ4n) is 5.83. The molecule has 0 fully saturated rings. The molecular formula is C29H26N4. The van der Waals surface area contributed by atoms with E-state index in [1.807, 2.05) is 0 Å². The Morgan fingerprint density at radius 1 is 1.00 bits per heavy atom. The van der Waals surface area contributed by atoms with Crippen LogP contribution in [0.3, 0.4) is 0 Å². The lowest BCUT2D eigenvalue weighted by molar-refractivity contribution is 0.660. The Bertz CT molecular complexity index is 1390. The molecule has 4 nitrogen and oxygen atoms in total. The van der Waals surface area contributed by atoms with Crippen LogP contribution in [0.15, 0.2) is 89.4 Å². The molecule has 1 aliphatic heterocycles. The van der Waals surface area contributed by atoms with E-state index in [0.717, 1.165) is 18.3 Å². The molecule has 0 aromatic heterocycles. The van der Waals surface area contributed by atoms with Crippen molar-refractivity contribution in [3.05, 3.63) is 101 Å². The predicted molar refractivity (Wildman–Crippen MR) is 137 cm³/mol. The second-order valence-corrected chi connectivity index (χ2v) is 9.41. The molecule has 1 atom stereocenters. The van der Waals surface area contributed by atoms with Gasteiger partial charge in [-0.3, -0.25) is 5.41 Å². The van der Waals surface area contributed by atoms with Crippen molar-refractivity contribution in [1.82, 2.24) is 0 Å². The Kier molecular flexibility index (Phi) is 4.21. The number of nitrogens with zero attached hydrogens (tertiary/aromatic N) is 2. The van der Waals surface area contributed by atoms with E-state index in [4.69, 9.17) is 11.1 Å². The van der Waals surface area contributed by atoms with Crippen molar-refractivity contribution in [2.75, 3.05) is 4.90 Å². The smallest absolute Gasteiger partial charge is 0.132 e. The molecule has 1 unspecified atom stereocenters. The molecule has 0 amide bonds. The van der Waals surface area contributed by atoms with Gasteiger partial charge in [-0.05, 0) is 46.9 Å². The van der Waals surface area contributed by atoms with E-state index in [1.54, 1.807) is 0 Å². The SMILES string of the molecule is CC1(C)c2ccccc2-c2c1ccc1c2N(c2ccccc2)C2CC=C(C(N)=NC=N)C=C12. The van der Waals surface area contributed by atoms with E-state index in [-0.39, 0.29) is 11.5 Å². The fourth-order valence-corrected chi connectivity index (χ4v) is 5.83. The van der Waals surface area contributed by atoms with Gasteiger partial charge in [0.1, 0.15) is 12.2 Å². The van der Waals surface area contributed by atoms with Crippen LogP contribution in [-0.2, 0) is 5.41 Å². The third kappa shape index (κ3) is 2.70. The third-order valence-electron chi connectivity index (χ3n) is 7.35. The summed E-state index contributed by atoms with van der Waals surface area (Å²) in [6.45, 7) is 4.65. The molecule has 3 N–H and O–H groups in total. The maximum Gasteiger partial charge on any atom is 0.132 e. The highest BCUT2D eigenvalue weighted by atomic mass is 15.2. The largest absolute Gasteiger partial charge is 0.383 e. The summed E-state index contributed by atoms with van der Waals surface area (Å²) in [7, 11) is 0. The summed E-state index contributed by atoms with van der Waals surface area (Å²) in [5.74, 6) is 0.392. The van der Waals surface area contributed by atoms with Crippen LogP contribution in [0.4, 0.5) is 11.4 Å². The fraction of sp³-hybridized carbons (Fsp3) is 0.172. The van der Waals surface area contributed by atoms with Crippen molar-refractivity contribution in [3.8, 4) is 11.1 Å². The highest BCUT2D eigenvalue weighted by Crippen LogP contribution is 2.59. The number of hydrogen-bond donors (Lipinski definition) is 2. The molecule has 6 rings (SSSR count). The monoisotopic (exact) mass is 430 g/mol. The van der Waals surface area contributed by atoms with Gasteiger partial charge in [0.25, 0.3) is 0 Å². The number of amidine groups is 1. The molecule has 3 aromatic rings. The Morgan fingerprint density at radius 3 is 2.55 bits per heavy atom. The minimum absolute atomic E-state index is 0.0457. The molecule has 162 valence electrons. The summed E-state index contributed by atoms with van der Waals surface area (Å²) >= 11 is 0. The first kappa shape index (κ1) is 19.7. The van der Waals surface area contributed by atoms with Crippen molar-refractivity contribution < 1.29 is 0 Å². The van der Waals surface area contributed by atoms with Crippen molar-refractivity contribution in [2.45, 2.75) is 31.7 Å². The number of nitrogens with two attached hydrogens (primary N) is 1. The molecule has 33 heavy (non-hydrogen) atoms. The lowest BCUT2D eigenvalue weighted by atomic mass is 9.82. The Balaban J connectivity index is 1.65. The second kappa shape index (κ2) is 7.04. The van der Waals surface area contributed by atoms with Gasteiger partial charge in [0.15, 0.2) is 0 Å². The van der Waals surface area contributed by atoms with Gasteiger partial charge in [0.05, 0.1) is 11.7 Å². The number of fused-ring (bicyclic) bond motifs is 7. The first-order valence-electron chi connectivity index (χ1n) is 11.4. The zero-order valence-corrected chi connectivity index (χ0v) is 18.8. The number of para-hydroxylation sites is 1. The standard InChI is InChI=1S/C29H26N4/c1-29(2)23-11-7-6-10-21(23)26-24(29)14-13-20-22-16-18(28(31)32-17-30)12-15-25(22)33(27(20)26)19-8-4-3-5-9-19/h3-14,16-17,25H,15H2,1-2H3,(H3,30,31,32). The average Bonchev–Trinajstić information content (AvgIpc) is 3.29. The average molecular weight is 431 g/mol. The van der Waals surface area contributed by atoms with Gasteiger partial charge in [0, 0.05) is 27.8 Å². The molecule has 4 heteroatoms. The summed E-state index contributed by atoms with van der Waals surface area (Å²) in [5.41, 5.74) is 17.4. The van der Waals surface area contributed by atoms with Crippen molar-refractivity contribution >= 4 is 29.1 Å². The Labute approximate surface area is 194 Å². The van der Waals surface area contributed by atoms with Crippen LogP contribution in [0.5, 0.6) is 0 Å². The first-order valence-corrected chi connectivity index (χ1v) is 11.4. The van der Waals surface area contributed by atoms with Crippen LogP contribution in [0.2, 0.25) is 0 Å². The van der Waals surface area contributed by atoms with Gasteiger partial charge in [-0.1, -0.05) is 74.5 Å². The van der Waals surface area contributed by atoms with E-state index >= 15 is 0 Å². The normalized spacial score (nSPS) is 19.8. The van der Waals surface area contributed by atoms with E-state index < -0.39 is 0 Å². The molecular weight excluding hydrogens is 404 g/mol. The number of aliphatic imine (C=N–C) groups is 1. The molecule has 3 aliphatic rings. The van der Waals surface area contributed by atoms with Gasteiger partial charge in [0.2, 0.25) is 0 Å². The van der Waals surface area contributed by atoms with Gasteiger partial charge in [-0.25, -0.2) is 4.99 Å². The number of rotatable bonds is 3. The van der Waals surface area contributed by atoms with Crippen LogP contribution in [0, 0.1) is 5.41 Å². The molecule has 3 aromatic carbocycles. The Hall–Kier alpha value is -3.92. The van der Waals surface area contributed by atoms with Gasteiger partial charge >= 0.3 is 0 Å². The highest BCUT2D eigenvalue weighted by molar-refractivity contribution is 6.09. The number of hydrogen-bond acceptors (Lipinski definition) is 2. The maximum absolute atomic E-state index is 7.30. The topological polar surface area (TPSA) is 65.5 Å².